The van der Waals surface area contributed by atoms with E-state index in [1.165, 1.54) is 9.75 Å². The van der Waals surface area contributed by atoms with Crippen LogP contribution >= 0.6 is 36.2 Å². The number of rotatable bonds is 4. The first-order chi connectivity index (χ1) is 8.35. The maximum absolute atomic E-state index is 9.00. The number of hydrogen-bond acceptors (Lipinski definition) is 4. The Kier molecular flexibility index (Phi) is 9.42. The zero-order chi connectivity index (χ0) is 12.1. The van der Waals surface area contributed by atoms with Crippen molar-refractivity contribution in [2.45, 2.75) is 25.8 Å². The second-order valence-electron chi connectivity index (χ2n) is 4.32. The fourth-order valence-corrected chi connectivity index (χ4v) is 3.34. The molecule has 6 heteroatoms. The summed E-state index contributed by atoms with van der Waals surface area (Å²) < 4.78 is 0. The van der Waals surface area contributed by atoms with Crippen molar-refractivity contribution in [3.05, 3.63) is 21.9 Å². The van der Waals surface area contributed by atoms with Crippen LogP contribution in [0.15, 0.2) is 12.1 Å². The smallest absolute Gasteiger partial charge is 0.0642 e. The number of nitrogens with zero attached hydrogens (tertiary/aromatic N) is 2. The third kappa shape index (κ3) is 4.94. The second kappa shape index (κ2) is 9.57. The number of hydrogen-bond donors (Lipinski definition) is 1. The molecule has 19 heavy (non-hydrogen) atoms. The monoisotopic (exact) mass is 321 g/mol. The molecule has 2 heterocycles. The number of aryl methyl sites for hydroxylation is 1. The summed E-state index contributed by atoms with van der Waals surface area (Å²) in [5, 5.41) is 12.4. The molecule has 0 spiro atoms. The molecule has 3 nitrogen and oxygen atoms in total. The van der Waals surface area contributed by atoms with Crippen LogP contribution in [0, 0.1) is 11.3 Å². The Hall–Kier alpha value is -0.310. The molecule has 1 N–H and O–H groups in total. The highest BCUT2D eigenvalue weighted by Gasteiger charge is 2.23. The fraction of sp³-hybridized carbons (Fsp3) is 0.615. The fourth-order valence-electron chi connectivity index (χ4n) is 2.25. The maximum atomic E-state index is 9.00. The molecule has 1 fully saturated rings. The standard InChI is InChI=1S/C13H19N3S.2ClH/c1-2-11-3-4-13(17-11)12(5-6-14)16-9-7-15-8-10-16;;/h3-4,12,15H,2,5,7-10H2,1H3;2*1H/t12-;;/m0../s1. The highest BCUT2D eigenvalue weighted by molar-refractivity contribution is 7.12. The molecular weight excluding hydrogens is 301 g/mol. The Morgan fingerprint density at radius 3 is 2.58 bits per heavy atom. The minimum absolute atomic E-state index is 0. The summed E-state index contributed by atoms with van der Waals surface area (Å²) in [5.41, 5.74) is 0. The third-order valence-corrected chi connectivity index (χ3v) is 4.57. The molecule has 1 aromatic rings. The van der Waals surface area contributed by atoms with Gasteiger partial charge in [0.05, 0.1) is 18.5 Å². The van der Waals surface area contributed by atoms with Gasteiger partial charge in [-0.3, -0.25) is 4.90 Å². The third-order valence-electron chi connectivity index (χ3n) is 3.24. The van der Waals surface area contributed by atoms with Crippen LogP contribution < -0.4 is 5.32 Å². The molecule has 0 radical (unpaired) electrons. The van der Waals surface area contributed by atoms with E-state index in [0.717, 1.165) is 32.6 Å². The Balaban J connectivity index is 0.00000162. The number of nitrogens with one attached hydrogen (secondary N) is 1. The van der Waals surface area contributed by atoms with Crippen LogP contribution in [-0.2, 0) is 6.42 Å². The molecule has 2 rings (SSSR count). The van der Waals surface area contributed by atoms with Crippen molar-refractivity contribution in [2.24, 2.45) is 0 Å². The second-order valence-corrected chi connectivity index (χ2v) is 5.52. The first-order valence-corrected chi connectivity index (χ1v) is 7.07. The maximum Gasteiger partial charge on any atom is 0.0642 e. The van der Waals surface area contributed by atoms with E-state index in [2.05, 4.69) is 35.3 Å². The average Bonchev–Trinajstić information content (AvgIpc) is 2.85. The van der Waals surface area contributed by atoms with Gasteiger partial charge in [-0.15, -0.1) is 36.2 Å². The minimum Gasteiger partial charge on any atom is -0.314 e. The van der Waals surface area contributed by atoms with E-state index in [9.17, 15) is 0 Å². The lowest BCUT2D eigenvalue weighted by Gasteiger charge is -2.33. The lowest BCUT2D eigenvalue weighted by atomic mass is 10.1. The van der Waals surface area contributed by atoms with Gasteiger partial charge >= 0.3 is 0 Å². The summed E-state index contributed by atoms with van der Waals surface area (Å²) in [6.07, 6.45) is 1.69. The molecule has 0 saturated carbocycles. The van der Waals surface area contributed by atoms with Crippen molar-refractivity contribution in [1.82, 2.24) is 10.2 Å². The van der Waals surface area contributed by atoms with Gasteiger partial charge in [-0.05, 0) is 18.6 Å². The van der Waals surface area contributed by atoms with E-state index >= 15 is 0 Å². The van der Waals surface area contributed by atoms with E-state index in [1.807, 2.05) is 11.3 Å². The average molecular weight is 322 g/mol. The van der Waals surface area contributed by atoms with E-state index in [-0.39, 0.29) is 24.8 Å². The van der Waals surface area contributed by atoms with E-state index in [4.69, 9.17) is 5.26 Å². The van der Waals surface area contributed by atoms with E-state index in [0.29, 0.717) is 12.5 Å². The summed E-state index contributed by atoms with van der Waals surface area (Å²) in [4.78, 5) is 5.20. The van der Waals surface area contributed by atoms with Gasteiger partial charge in [0.15, 0.2) is 0 Å². The SMILES string of the molecule is CCc1ccc([C@H](CC#N)N2CCNCC2)s1.Cl.Cl. The minimum atomic E-state index is 0. The molecular formula is C13H21Cl2N3S. The number of nitriles is 1. The molecule has 1 aliphatic heterocycles. The summed E-state index contributed by atoms with van der Waals surface area (Å²) in [6, 6.07) is 7.04. The normalized spacial score (nSPS) is 16.8. The number of piperazine rings is 1. The topological polar surface area (TPSA) is 39.1 Å². The van der Waals surface area contributed by atoms with Gasteiger partial charge in [-0.2, -0.15) is 5.26 Å². The van der Waals surface area contributed by atoms with Crippen LogP contribution in [0.25, 0.3) is 0 Å². The summed E-state index contributed by atoms with van der Waals surface area (Å²) >= 11 is 1.86. The first kappa shape index (κ1) is 18.7. The van der Waals surface area contributed by atoms with E-state index < -0.39 is 0 Å². The van der Waals surface area contributed by atoms with Gasteiger partial charge in [0.25, 0.3) is 0 Å². The van der Waals surface area contributed by atoms with Crippen LogP contribution in [0.2, 0.25) is 0 Å². The van der Waals surface area contributed by atoms with E-state index in [1.54, 1.807) is 0 Å². The Morgan fingerprint density at radius 2 is 2.05 bits per heavy atom. The van der Waals surface area contributed by atoms with Crippen LogP contribution in [-0.4, -0.2) is 31.1 Å². The highest BCUT2D eigenvalue weighted by atomic mass is 35.5. The van der Waals surface area contributed by atoms with Crippen molar-refractivity contribution >= 4 is 36.2 Å². The predicted molar refractivity (Wildman–Crippen MR) is 85.6 cm³/mol. The lowest BCUT2D eigenvalue weighted by molar-refractivity contribution is 0.178. The Bertz CT molecular complexity index is 397. The van der Waals surface area contributed by atoms with Crippen molar-refractivity contribution in [2.75, 3.05) is 26.2 Å². The van der Waals surface area contributed by atoms with Crippen LogP contribution in [0.5, 0.6) is 0 Å². The molecule has 1 aromatic heterocycles. The lowest BCUT2D eigenvalue weighted by Crippen LogP contribution is -2.44. The Labute approximate surface area is 131 Å². The van der Waals surface area contributed by atoms with Crippen LogP contribution in [0.1, 0.15) is 29.1 Å². The van der Waals surface area contributed by atoms with Gasteiger partial charge in [-0.1, -0.05) is 6.92 Å². The van der Waals surface area contributed by atoms with Gasteiger partial charge in [0, 0.05) is 35.9 Å². The summed E-state index contributed by atoms with van der Waals surface area (Å²) in [6.45, 7) is 6.35. The number of halogens is 2. The summed E-state index contributed by atoms with van der Waals surface area (Å²) in [7, 11) is 0. The van der Waals surface area contributed by atoms with Gasteiger partial charge in [0.1, 0.15) is 0 Å². The largest absolute Gasteiger partial charge is 0.314 e. The molecule has 1 aliphatic rings. The molecule has 0 aromatic carbocycles. The van der Waals surface area contributed by atoms with Crippen molar-refractivity contribution in [3.8, 4) is 6.07 Å². The van der Waals surface area contributed by atoms with Crippen LogP contribution in [0.3, 0.4) is 0 Å². The Morgan fingerprint density at radius 1 is 1.37 bits per heavy atom. The molecule has 0 amide bonds. The van der Waals surface area contributed by atoms with Gasteiger partial charge < -0.3 is 5.32 Å². The molecule has 1 saturated heterocycles. The predicted octanol–water partition coefficient (Wildman–Crippen LogP) is 3.01. The quantitative estimate of drug-likeness (QED) is 0.926. The molecule has 0 unspecified atom stereocenters. The first-order valence-electron chi connectivity index (χ1n) is 6.25. The van der Waals surface area contributed by atoms with Crippen molar-refractivity contribution < 1.29 is 0 Å². The van der Waals surface area contributed by atoms with Crippen molar-refractivity contribution in [3.63, 3.8) is 0 Å². The molecule has 108 valence electrons. The van der Waals surface area contributed by atoms with Gasteiger partial charge in [-0.25, -0.2) is 0 Å². The molecule has 0 aliphatic carbocycles. The van der Waals surface area contributed by atoms with Crippen molar-refractivity contribution in [1.29, 1.82) is 5.26 Å². The zero-order valence-corrected chi connectivity index (χ0v) is 13.5. The zero-order valence-electron chi connectivity index (χ0n) is 11.1. The number of thiophene rings is 1. The summed E-state index contributed by atoms with van der Waals surface area (Å²) in [5.74, 6) is 0. The van der Waals surface area contributed by atoms with Gasteiger partial charge in [0.2, 0.25) is 0 Å². The van der Waals surface area contributed by atoms with Crippen LogP contribution in [0.4, 0.5) is 0 Å². The highest BCUT2D eigenvalue weighted by Crippen LogP contribution is 2.30. The molecule has 1 atom stereocenters. The molecule has 0 bridgehead atoms.